The van der Waals surface area contributed by atoms with Crippen LogP contribution in [0.15, 0.2) is 0 Å². The minimum absolute atomic E-state index is 0.0776. The maximum Gasteiger partial charge on any atom is 0.318 e. The van der Waals surface area contributed by atoms with Crippen LogP contribution >= 0.6 is 0 Å². The number of hydrogen-bond acceptors (Lipinski definition) is 2. The van der Waals surface area contributed by atoms with Gasteiger partial charge < -0.3 is 15.5 Å². The molecular formula is C13H25N3O2. The molecule has 0 radical (unpaired) electrons. The summed E-state index contributed by atoms with van der Waals surface area (Å²) in [6.07, 6.45) is 2.06. The number of amides is 3. The Kier molecular flexibility index (Phi) is 5.44. The number of nitrogens with zero attached hydrogens (tertiary/aromatic N) is 1. The second-order valence-corrected chi connectivity index (χ2v) is 5.48. The average molecular weight is 255 g/mol. The first-order chi connectivity index (χ1) is 8.41. The Labute approximate surface area is 109 Å². The molecule has 0 aromatic heterocycles. The number of hydrogen-bond donors (Lipinski definition) is 2. The topological polar surface area (TPSA) is 61.4 Å². The van der Waals surface area contributed by atoms with Crippen LogP contribution in [0.25, 0.3) is 0 Å². The van der Waals surface area contributed by atoms with Crippen LogP contribution in [0, 0.1) is 5.92 Å². The highest BCUT2D eigenvalue weighted by molar-refractivity contribution is 5.87. The molecule has 1 aliphatic rings. The zero-order valence-electron chi connectivity index (χ0n) is 11.8. The van der Waals surface area contributed by atoms with Crippen LogP contribution in [-0.2, 0) is 4.79 Å². The van der Waals surface area contributed by atoms with Gasteiger partial charge in [-0.1, -0.05) is 13.8 Å². The van der Waals surface area contributed by atoms with Crippen LogP contribution < -0.4 is 10.6 Å². The van der Waals surface area contributed by atoms with Crippen molar-refractivity contribution < 1.29 is 9.59 Å². The van der Waals surface area contributed by atoms with Crippen molar-refractivity contribution in [3.05, 3.63) is 0 Å². The number of urea groups is 1. The fourth-order valence-electron chi connectivity index (χ4n) is 2.01. The van der Waals surface area contributed by atoms with Crippen molar-refractivity contribution >= 4 is 11.9 Å². The molecule has 0 aromatic rings. The first-order valence-electron chi connectivity index (χ1n) is 6.76. The number of piperazine rings is 1. The molecule has 3 amide bonds. The molecule has 0 aliphatic carbocycles. The molecule has 1 saturated heterocycles. The minimum Gasteiger partial charge on any atom is -0.353 e. The number of nitrogens with one attached hydrogen (secondary N) is 2. The zero-order valence-corrected chi connectivity index (χ0v) is 11.8. The molecule has 1 heterocycles. The monoisotopic (exact) mass is 255 g/mol. The normalized spacial score (nSPS) is 21.7. The molecule has 0 unspecified atom stereocenters. The Morgan fingerprint density at radius 3 is 2.72 bits per heavy atom. The lowest BCUT2D eigenvalue weighted by molar-refractivity contribution is -0.126. The van der Waals surface area contributed by atoms with Gasteiger partial charge in [0.05, 0.1) is 0 Å². The van der Waals surface area contributed by atoms with E-state index in [1.807, 2.05) is 6.92 Å². The Balaban J connectivity index is 2.41. The van der Waals surface area contributed by atoms with Crippen molar-refractivity contribution in [3.63, 3.8) is 0 Å². The van der Waals surface area contributed by atoms with Gasteiger partial charge in [0.1, 0.15) is 6.04 Å². The summed E-state index contributed by atoms with van der Waals surface area (Å²) in [6, 6.07) is -0.359. The molecule has 0 aromatic carbocycles. The van der Waals surface area contributed by atoms with E-state index in [1.165, 1.54) is 0 Å². The van der Waals surface area contributed by atoms with E-state index in [0.29, 0.717) is 19.0 Å². The Hall–Kier alpha value is -1.26. The SMILES string of the molecule is CC(C)CC[C@@H](C)NC(=O)N1CCNC(=O)[C@H]1C. The molecule has 0 saturated carbocycles. The Morgan fingerprint density at radius 1 is 1.44 bits per heavy atom. The van der Waals surface area contributed by atoms with Crippen molar-refractivity contribution in [1.29, 1.82) is 0 Å². The van der Waals surface area contributed by atoms with Gasteiger partial charge in [-0.3, -0.25) is 4.79 Å². The standard InChI is InChI=1S/C13H25N3O2/c1-9(2)5-6-10(3)15-13(18)16-8-7-14-12(17)11(16)4/h9-11H,5-8H2,1-4H3,(H,14,17)(H,15,18)/t10-,11-/m1/s1. The van der Waals surface area contributed by atoms with Crippen molar-refractivity contribution in [2.75, 3.05) is 13.1 Å². The minimum atomic E-state index is -0.379. The smallest absolute Gasteiger partial charge is 0.318 e. The first kappa shape index (κ1) is 14.8. The van der Waals surface area contributed by atoms with E-state index in [4.69, 9.17) is 0 Å². The van der Waals surface area contributed by atoms with Crippen LogP contribution in [0.3, 0.4) is 0 Å². The van der Waals surface area contributed by atoms with Gasteiger partial charge in [0, 0.05) is 19.1 Å². The van der Waals surface area contributed by atoms with Crippen LogP contribution in [0.4, 0.5) is 4.79 Å². The number of carbonyl (C=O) groups is 2. The van der Waals surface area contributed by atoms with Crippen molar-refractivity contribution in [1.82, 2.24) is 15.5 Å². The summed E-state index contributed by atoms with van der Waals surface area (Å²) >= 11 is 0. The third-order valence-corrected chi connectivity index (χ3v) is 3.31. The fraction of sp³-hybridized carbons (Fsp3) is 0.846. The molecule has 2 atom stereocenters. The van der Waals surface area contributed by atoms with E-state index in [1.54, 1.807) is 11.8 Å². The third kappa shape index (κ3) is 4.20. The predicted molar refractivity (Wildman–Crippen MR) is 71.2 cm³/mol. The van der Waals surface area contributed by atoms with Crippen LogP contribution in [0.1, 0.15) is 40.5 Å². The predicted octanol–water partition coefficient (Wildman–Crippen LogP) is 1.34. The first-order valence-corrected chi connectivity index (χ1v) is 6.76. The second-order valence-electron chi connectivity index (χ2n) is 5.48. The van der Waals surface area contributed by atoms with Gasteiger partial charge >= 0.3 is 6.03 Å². The van der Waals surface area contributed by atoms with Crippen molar-refractivity contribution in [3.8, 4) is 0 Å². The molecule has 18 heavy (non-hydrogen) atoms. The fourth-order valence-corrected chi connectivity index (χ4v) is 2.01. The van der Waals surface area contributed by atoms with Crippen LogP contribution in [0.2, 0.25) is 0 Å². The summed E-state index contributed by atoms with van der Waals surface area (Å²) < 4.78 is 0. The largest absolute Gasteiger partial charge is 0.353 e. The molecule has 0 bridgehead atoms. The summed E-state index contributed by atoms with van der Waals surface area (Å²) in [5.74, 6) is 0.565. The molecule has 5 nitrogen and oxygen atoms in total. The van der Waals surface area contributed by atoms with E-state index in [-0.39, 0.29) is 24.0 Å². The molecule has 5 heteroatoms. The van der Waals surface area contributed by atoms with Crippen LogP contribution in [-0.4, -0.2) is 42.0 Å². The third-order valence-electron chi connectivity index (χ3n) is 3.31. The quantitative estimate of drug-likeness (QED) is 0.796. The highest BCUT2D eigenvalue weighted by Crippen LogP contribution is 2.08. The molecule has 1 rings (SSSR count). The molecule has 1 aliphatic heterocycles. The Bertz CT molecular complexity index is 305. The molecule has 2 N–H and O–H groups in total. The van der Waals surface area contributed by atoms with Gasteiger partial charge in [0.15, 0.2) is 0 Å². The summed E-state index contributed by atoms with van der Waals surface area (Å²) in [4.78, 5) is 25.1. The summed E-state index contributed by atoms with van der Waals surface area (Å²) in [6.45, 7) is 9.23. The molecule has 0 spiro atoms. The van der Waals surface area contributed by atoms with Gasteiger partial charge in [-0.05, 0) is 32.6 Å². The highest BCUT2D eigenvalue weighted by Gasteiger charge is 2.29. The van der Waals surface area contributed by atoms with Gasteiger partial charge in [-0.25, -0.2) is 4.79 Å². The van der Waals surface area contributed by atoms with E-state index >= 15 is 0 Å². The highest BCUT2D eigenvalue weighted by atomic mass is 16.2. The lowest BCUT2D eigenvalue weighted by Gasteiger charge is -2.33. The van der Waals surface area contributed by atoms with E-state index in [9.17, 15) is 9.59 Å². The maximum absolute atomic E-state index is 12.0. The summed E-state index contributed by atoms with van der Waals surface area (Å²) in [5.41, 5.74) is 0. The zero-order chi connectivity index (χ0) is 13.7. The van der Waals surface area contributed by atoms with E-state index in [2.05, 4.69) is 24.5 Å². The summed E-state index contributed by atoms with van der Waals surface area (Å²) in [5, 5.41) is 5.71. The number of carbonyl (C=O) groups excluding carboxylic acids is 2. The van der Waals surface area contributed by atoms with Gasteiger partial charge in [-0.15, -0.1) is 0 Å². The molecular weight excluding hydrogens is 230 g/mol. The van der Waals surface area contributed by atoms with Gasteiger partial charge in [0.2, 0.25) is 5.91 Å². The van der Waals surface area contributed by atoms with Gasteiger partial charge in [0.25, 0.3) is 0 Å². The maximum atomic E-state index is 12.0. The van der Waals surface area contributed by atoms with Crippen molar-refractivity contribution in [2.45, 2.75) is 52.6 Å². The lowest BCUT2D eigenvalue weighted by Crippen LogP contribution is -2.59. The average Bonchev–Trinajstić information content (AvgIpc) is 2.30. The molecule has 104 valence electrons. The van der Waals surface area contributed by atoms with Crippen molar-refractivity contribution in [2.24, 2.45) is 5.92 Å². The van der Waals surface area contributed by atoms with E-state index in [0.717, 1.165) is 12.8 Å². The second kappa shape index (κ2) is 6.61. The molecule has 1 fully saturated rings. The summed E-state index contributed by atoms with van der Waals surface area (Å²) in [7, 11) is 0. The number of rotatable bonds is 4. The van der Waals surface area contributed by atoms with Gasteiger partial charge in [-0.2, -0.15) is 0 Å². The van der Waals surface area contributed by atoms with E-state index < -0.39 is 0 Å². The Morgan fingerprint density at radius 2 is 2.11 bits per heavy atom. The lowest BCUT2D eigenvalue weighted by atomic mass is 10.0. The van der Waals surface area contributed by atoms with Crippen LogP contribution in [0.5, 0.6) is 0 Å².